The van der Waals surface area contributed by atoms with E-state index in [1.165, 1.54) is 34.5 Å². The molecule has 0 bridgehead atoms. The Morgan fingerprint density at radius 3 is 2.07 bits per heavy atom. The summed E-state index contributed by atoms with van der Waals surface area (Å²) >= 11 is 12.5. The van der Waals surface area contributed by atoms with E-state index in [4.69, 9.17) is 0 Å². The van der Waals surface area contributed by atoms with Crippen molar-refractivity contribution in [2.45, 2.75) is 0 Å². The maximum Gasteiger partial charge on any atom is 0.116 e. The lowest BCUT2D eigenvalue weighted by Crippen LogP contribution is -2.13. The molecule has 0 aliphatic carbocycles. The first-order valence-electron chi connectivity index (χ1n) is 4.77. The molecular formula is C9H21S5+. The zero-order valence-electron chi connectivity index (χ0n) is 8.78. The topological polar surface area (TPSA) is 0 Å². The van der Waals surface area contributed by atoms with Crippen LogP contribution in [0, 0.1) is 0 Å². The first-order chi connectivity index (χ1) is 6.81. The van der Waals surface area contributed by atoms with E-state index in [9.17, 15) is 0 Å². The molecule has 0 nitrogen and oxygen atoms in total. The van der Waals surface area contributed by atoms with E-state index in [-0.39, 0.29) is 0 Å². The second-order valence-electron chi connectivity index (χ2n) is 2.86. The van der Waals surface area contributed by atoms with Gasteiger partial charge in [-0.15, -0.1) is 0 Å². The van der Waals surface area contributed by atoms with Crippen molar-refractivity contribution in [2.24, 2.45) is 0 Å². The third-order valence-electron chi connectivity index (χ3n) is 1.62. The summed E-state index contributed by atoms with van der Waals surface area (Å²) in [5, 5.41) is 0. The molecule has 1 atom stereocenters. The molecule has 14 heavy (non-hydrogen) atoms. The average molecular weight is 290 g/mol. The van der Waals surface area contributed by atoms with E-state index in [0.717, 1.165) is 11.5 Å². The van der Waals surface area contributed by atoms with Gasteiger partial charge in [-0.3, -0.25) is 0 Å². The average Bonchev–Trinajstić information content (AvgIpc) is 2.17. The van der Waals surface area contributed by atoms with Gasteiger partial charge in [0.1, 0.15) is 11.5 Å². The number of thiol groups is 2. The Morgan fingerprint density at radius 2 is 1.50 bits per heavy atom. The monoisotopic (exact) mass is 289 g/mol. The molecule has 1 unspecified atom stereocenters. The van der Waals surface area contributed by atoms with E-state index in [1.807, 2.05) is 11.8 Å². The van der Waals surface area contributed by atoms with Crippen molar-refractivity contribution >= 4 is 59.7 Å². The molecule has 0 radical (unpaired) electrons. The maximum atomic E-state index is 4.25. The summed E-state index contributed by atoms with van der Waals surface area (Å²) in [6.45, 7) is 0. The molecular weight excluding hydrogens is 268 g/mol. The van der Waals surface area contributed by atoms with Gasteiger partial charge in [-0.1, -0.05) is 0 Å². The van der Waals surface area contributed by atoms with Crippen LogP contribution in [0.5, 0.6) is 0 Å². The molecule has 0 N–H and O–H groups in total. The van der Waals surface area contributed by atoms with Gasteiger partial charge < -0.3 is 0 Å². The quantitative estimate of drug-likeness (QED) is 0.360. The predicted molar refractivity (Wildman–Crippen MR) is 85.4 cm³/mol. The summed E-state index contributed by atoms with van der Waals surface area (Å²) in [6.07, 6.45) is 2.35. The third kappa shape index (κ3) is 11.8. The number of hydrogen-bond donors (Lipinski definition) is 2. The molecule has 0 aliphatic heterocycles. The molecule has 0 aromatic rings. The summed E-state index contributed by atoms with van der Waals surface area (Å²) < 4.78 is 0. The van der Waals surface area contributed by atoms with Crippen LogP contribution in [0.4, 0.5) is 0 Å². The van der Waals surface area contributed by atoms with Crippen molar-refractivity contribution in [1.82, 2.24) is 0 Å². The van der Waals surface area contributed by atoms with Crippen molar-refractivity contribution in [3.8, 4) is 0 Å². The molecule has 5 heteroatoms. The first kappa shape index (κ1) is 15.8. The Morgan fingerprint density at radius 1 is 0.857 bits per heavy atom. The van der Waals surface area contributed by atoms with Crippen LogP contribution in [0.15, 0.2) is 0 Å². The maximum absolute atomic E-state index is 4.25. The Balaban J connectivity index is 2.98. The van der Waals surface area contributed by atoms with Crippen LogP contribution in [0.2, 0.25) is 0 Å². The molecule has 0 aromatic heterocycles. The fraction of sp³-hybridized carbons (Fsp3) is 1.00. The van der Waals surface area contributed by atoms with Gasteiger partial charge in [0.15, 0.2) is 0 Å². The standard InChI is InChI=1S/C9H20S5/c1-14(8-3-11)9-7-13-6-5-12-4-2-10/h2-9H2,1H3,(H-,10,11)/p+1. The zero-order chi connectivity index (χ0) is 10.6. The van der Waals surface area contributed by atoms with Gasteiger partial charge in [-0.2, -0.15) is 48.8 Å². The van der Waals surface area contributed by atoms with Gasteiger partial charge in [0.2, 0.25) is 0 Å². The SMILES string of the molecule is C[S+](CCS)CCSCCSCCS. The summed E-state index contributed by atoms with van der Waals surface area (Å²) in [5.74, 6) is 9.83. The van der Waals surface area contributed by atoms with Crippen LogP contribution >= 0.6 is 48.8 Å². The normalized spacial score (nSPS) is 13.1. The van der Waals surface area contributed by atoms with Crippen LogP contribution in [0.3, 0.4) is 0 Å². The Labute approximate surface area is 111 Å². The van der Waals surface area contributed by atoms with E-state index in [1.54, 1.807) is 0 Å². The molecule has 0 rings (SSSR count). The van der Waals surface area contributed by atoms with Crippen molar-refractivity contribution in [3.63, 3.8) is 0 Å². The van der Waals surface area contributed by atoms with Gasteiger partial charge >= 0.3 is 0 Å². The molecule has 0 spiro atoms. The second kappa shape index (κ2) is 12.8. The summed E-state index contributed by atoms with van der Waals surface area (Å²) in [5.41, 5.74) is 0. The third-order valence-corrected chi connectivity index (χ3v) is 6.97. The van der Waals surface area contributed by atoms with Crippen LogP contribution < -0.4 is 0 Å². The van der Waals surface area contributed by atoms with Crippen LogP contribution in [-0.4, -0.2) is 52.3 Å². The van der Waals surface area contributed by atoms with E-state index >= 15 is 0 Å². The minimum atomic E-state index is 0.605. The van der Waals surface area contributed by atoms with Crippen molar-refractivity contribution < 1.29 is 0 Å². The summed E-state index contributed by atoms with van der Waals surface area (Å²) in [7, 11) is 0.605. The number of hydrogen-bond acceptors (Lipinski definition) is 4. The van der Waals surface area contributed by atoms with Gasteiger partial charge in [0.05, 0.1) is 6.26 Å². The van der Waals surface area contributed by atoms with Crippen molar-refractivity contribution in [2.75, 3.05) is 52.3 Å². The fourth-order valence-corrected chi connectivity index (χ4v) is 5.77. The molecule has 0 aliphatic rings. The van der Waals surface area contributed by atoms with Gasteiger partial charge in [0.25, 0.3) is 0 Å². The largest absolute Gasteiger partial charge is 0.179 e. The van der Waals surface area contributed by atoms with Gasteiger partial charge in [-0.25, -0.2) is 0 Å². The molecule has 0 heterocycles. The highest BCUT2D eigenvalue weighted by atomic mass is 32.2. The second-order valence-corrected chi connectivity index (χ2v) is 8.59. The Bertz CT molecular complexity index is 109. The Kier molecular flexibility index (Phi) is 14.4. The van der Waals surface area contributed by atoms with Crippen molar-refractivity contribution in [1.29, 1.82) is 0 Å². The summed E-state index contributed by atoms with van der Waals surface area (Å²) in [6, 6.07) is 0. The van der Waals surface area contributed by atoms with Crippen molar-refractivity contribution in [3.05, 3.63) is 0 Å². The molecule has 0 saturated carbocycles. The van der Waals surface area contributed by atoms with Crippen LogP contribution in [-0.2, 0) is 10.9 Å². The molecule has 0 fully saturated rings. The highest BCUT2D eigenvalue weighted by Crippen LogP contribution is 2.08. The molecule has 0 saturated heterocycles. The van der Waals surface area contributed by atoms with Gasteiger partial charge in [0, 0.05) is 28.8 Å². The molecule has 0 aromatic carbocycles. The van der Waals surface area contributed by atoms with E-state index < -0.39 is 0 Å². The lowest BCUT2D eigenvalue weighted by atomic mass is 10.9. The Hall–Kier alpha value is 1.75. The first-order valence-corrected chi connectivity index (χ1v) is 10.3. The summed E-state index contributed by atoms with van der Waals surface area (Å²) in [4.78, 5) is 0. The molecule has 0 amide bonds. The van der Waals surface area contributed by atoms with E-state index in [2.05, 4.69) is 43.3 Å². The molecule has 86 valence electrons. The van der Waals surface area contributed by atoms with Crippen LogP contribution in [0.1, 0.15) is 0 Å². The minimum absolute atomic E-state index is 0.605. The number of thioether (sulfide) groups is 2. The lowest BCUT2D eigenvalue weighted by molar-refractivity contribution is 1.44. The zero-order valence-corrected chi connectivity index (χ0v) is 13.0. The lowest BCUT2D eigenvalue weighted by Gasteiger charge is -2.02. The highest BCUT2D eigenvalue weighted by molar-refractivity contribution is 8.04. The minimum Gasteiger partial charge on any atom is -0.179 e. The fourth-order valence-electron chi connectivity index (χ4n) is 0.846. The van der Waals surface area contributed by atoms with E-state index in [0.29, 0.717) is 10.9 Å². The number of rotatable bonds is 10. The predicted octanol–water partition coefficient (Wildman–Crippen LogP) is 2.56. The van der Waals surface area contributed by atoms with Crippen LogP contribution in [0.25, 0.3) is 0 Å². The smallest absolute Gasteiger partial charge is 0.116 e. The van der Waals surface area contributed by atoms with Gasteiger partial charge in [-0.05, 0) is 16.6 Å². The highest BCUT2D eigenvalue weighted by Gasteiger charge is 2.08.